The molecule has 0 aliphatic carbocycles. The molecular weight excluding hydrogens is 218 g/mol. The predicted molar refractivity (Wildman–Crippen MR) is 58.9 cm³/mol. The van der Waals surface area contributed by atoms with Crippen LogP contribution >= 0.6 is 11.8 Å². The van der Waals surface area contributed by atoms with E-state index in [0.29, 0.717) is 5.75 Å². The number of thioether (sulfide) groups is 1. The predicted octanol–water partition coefficient (Wildman–Crippen LogP) is 3.96. The monoisotopic (exact) mass is 232 g/mol. The number of ether oxygens (including phenoxy) is 1. The molecule has 0 spiro atoms. The fraction of sp³-hybridized carbons (Fsp3) is 0.455. The zero-order valence-electron chi connectivity index (χ0n) is 8.80. The Labute approximate surface area is 92.8 Å². The maximum Gasteiger partial charge on any atom is 0.387 e. The molecule has 0 amide bonds. The number of benzene rings is 1. The third-order valence-corrected chi connectivity index (χ3v) is 2.73. The molecule has 1 rings (SSSR count). The van der Waals surface area contributed by atoms with Crippen LogP contribution in [0.25, 0.3) is 0 Å². The molecule has 15 heavy (non-hydrogen) atoms. The molecule has 0 bridgehead atoms. The first-order valence-corrected chi connectivity index (χ1v) is 6.01. The molecule has 0 N–H and O–H groups in total. The Balaban J connectivity index is 2.92. The average Bonchev–Trinajstić information content (AvgIpc) is 2.20. The number of alkyl halides is 2. The van der Waals surface area contributed by atoms with Gasteiger partial charge < -0.3 is 4.74 Å². The lowest BCUT2D eigenvalue weighted by Crippen LogP contribution is -2.04. The Kier molecular flexibility index (Phi) is 4.88. The minimum Gasteiger partial charge on any atom is -0.435 e. The number of rotatable bonds is 5. The maximum absolute atomic E-state index is 12.1. The van der Waals surface area contributed by atoms with E-state index in [4.69, 9.17) is 0 Å². The van der Waals surface area contributed by atoms with Gasteiger partial charge in [-0.1, -0.05) is 13.3 Å². The minimum atomic E-state index is -2.75. The second kappa shape index (κ2) is 5.95. The molecule has 0 radical (unpaired) electrons. The van der Waals surface area contributed by atoms with E-state index in [-0.39, 0.29) is 0 Å². The van der Waals surface area contributed by atoms with Gasteiger partial charge in [0.1, 0.15) is 5.75 Å². The van der Waals surface area contributed by atoms with E-state index < -0.39 is 6.61 Å². The van der Waals surface area contributed by atoms with Crippen molar-refractivity contribution in [3.05, 3.63) is 23.8 Å². The van der Waals surface area contributed by atoms with Gasteiger partial charge in [0.2, 0.25) is 0 Å². The first kappa shape index (κ1) is 12.3. The van der Waals surface area contributed by atoms with Crippen molar-refractivity contribution in [2.24, 2.45) is 0 Å². The van der Waals surface area contributed by atoms with E-state index in [0.717, 1.165) is 23.3 Å². The van der Waals surface area contributed by atoms with Crippen molar-refractivity contribution in [1.82, 2.24) is 0 Å². The molecule has 0 aliphatic rings. The number of halogens is 2. The smallest absolute Gasteiger partial charge is 0.387 e. The van der Waals surface area contributed by atoms with E-state index in [9.17, 15) is 8.78 Å². The molecule has 1 aromatic carbocycles. The van der Waals surface area contributed by atoms with Gasteiger partial charge in [0.15, 0.2) is 0 Å². The summed E-state index contributed by atoms with van der Waals surface area (Å²) in [6.07, 6.45) is 3.63. The van der Waals surface area contributed by atoms with Crippen molar-refractivity contribution in [2.45, 2.75) is 31.3 Å². The van der Waals surface area contributed by atoms with Crippen LogP contribution in [0, 0.1) is 0 Å². The number of hydrogen-bond donors (Lipinski definition) is 0. The summed E-state index contributed by atoms with van der Waals surface area (Å²) in [5, 5.41) is 0. The normalized spacial score (nSPS) is 10.7. The molecule has 0 saturated heterocycles. The Morgan fingerprint density at radius 2 is 2.13 bits per heavy atom. The Hall–Kier alpha value is -0.770. The highest BCUT2D eigenvalue weighted by atomic mass is 32.2. The zero-order valence-corrected chi connectivity index (χ0v) is 9.61. The molecule has 4 heteroatoms. The average molecular weight is 232 g/mol. The zero-order chi connectivity index (χ0) is 11.3. The lowest BCUT2D eigenvalue weighted by molar-refractivity contribution is -0.0504. The molecule has 0 unspecified atom stereocenters. The molecule has 0 heterocycles. The molecular formula is C11H14F2OS. The highest BCUT2D eigenvalue weighted by Crippen LogP contribution is 2.27. The standard InChI is InChI=1S/C11H14F2OS/c1-3-4-8-7-9(15-2)5-6-10(8)14-11(12)13/h5-7,11H,3-4H2,1-2H3. The van der Waals surface area contributed by atoms with Gasteiger partial charge in [0.05, 0.1) is 0 Å². The molecule has 0 atom stereocenters. The van der Waals surface area contributed by atoms with Gasteiger partial charge in [0, 0.05) is 4.90 Å². The van der Waals surface area contributed by atoms with E-state index in [1.54, 1.807) is 23.9 Å². The van der Waals surface area contributed by atoms with Gasteiger partial charge in [0.25, 0.3) is 0 Å². The minimum absolute atomic E-state index is 0.296. The van der Waals surface area contributed by atoms with Gasteiger partial charge >= 0.3 is 6.61 Å². The van der Waals surface area contributed by atoms with Crippen LogP contribution in [-0.2, 0) is 6.42 Å². The summed E-state index contributed by atoms with van der Waals surface area (Å²) in [6.45, 7) is -0.737. The van der Waals surface area contributed by atoms with Crippen molar-refractivity contribution in [3.63, 3.8) is 0 Å². The molecule has 0 saturated carbocycles. The van der Waals surface area contributed by atoms with Crippen molar-refractivity contribution in [3.8, 4) is 5.75 Å². The van der Waals surface area contributed by atoms with E-state index >= 15 is 0 Å². The third kappa shape index (κ3) is 3.70. The van der Waals surface area contributed by atoms with E-state index in [1.165, 1.54) is 0 Å². The summed E-state index contributed by atoms with van der Waals surface area (Å²) >= 11 is 1.59. The van der Waals surface area contributed by atoms with E-state index in [2.05, 4.69) is 4.74 Å². The van der Waals surface area contributed by atoms with Crippen LogP contribution in [0.2, 0.25) is 0 Å². The largest absolute Gasteiger partial charge is 0.435 e. The van der Waals surface area contributed by atoms with Gasteiger partial charge in [-0.15, -0.1) is 11.8 Å². The van der Waals surface area contributed by atoms with Crippen molar-refractivity contribution in [1.29, 1.82) is 0 Å². The van der Waals surface area contributed by atoms with Crippen LogP contribution in [0.5, 0.6) is 5.75 Å². The lowest BCUT2D eigenvalue weighted by Gasteiger charge is -2.11. The van der Waals surface area contributed by atoms with Gasteiger partial charge in [-0.05, 0) is 36.4 Å². The van der Waals surface area contributed by atoms with Crippen molar-refractivity contribution < 1.29 is 13.5 Å². The lowest BCUT2D eigenvalue weighted by atomic mass is 10.1. The molecule has 84 valence electrons. The summed E-state index contributed by atoms with van der Waals surface area (Å²) < 4.78 is 28.6. The van der Waals surface area contributed by atoms with Crippen LogP contribution in [0.3, 0.4) is 0 Å². The fourth-order valence-corrected chi connectivity index (χ4v) is 1.82. The van der Waals surface area contributed by atoms with Crippen LogP contribution in [0.4, 0.5) is 8.78 Å². The summed E-state index contributed by atoms with van der Waals surface area (Å²) in [6, 6.07) is 5.32. The maximum atomic E-state index is 12.1. The summed E-state index contributed by atoms with van der Waals surface area (Å²) in [7, 11) is 0. The Bertz CT molecular complexity index is 315. The third-order valence-electron chi connectivity index (χ3n) is 2.00. The fourth-order valence-electron chi connectivity index (χ4n) is 1.36. The molecule has 1 aromatic rings. The van der Waals surface area contributed by atoms with E-state index in [1.807, 2.05) is 19.2 Å². The first-order valence-electron chi connectivity index (χ1n) is 4.79. The number of hydrogen-bond acceptors (Lipinski definition) is 2. The number of aryl methyl sites for hydroxylation is 1. The topological polar surface area (TPSA) is 9.23 Å². The van der Waals surface area contributed by atoms with Crippen LogP contribution in [0.1, 0.15) is 18.9 Å². The Morgan fingerprint density at radius 1 is 1.40 bits per heavy atom. The van der Waals surface area contributed by atoms with Crippen LogP contribution < -0.4 is 4.74 Å². The quantitative estimate of drug-likeness (QED) is 0.710. The summed E-state index contributed by atoms with van der Waals surface area (Å²) in [5.74, 6) is 0.296. The van der Waals surface area contributed by atoms with Crippen LogP contribution in [0.15, 0.2) is 23.1 Å². The highest BCUT2D eigenvalue weighted by Gasteiger charge is 2.09. The molecule has 0 aliphatic heterocycles. The first-order chi connectivity index (χ1) is 7.17. The second-order valence-electron chi connectivity index (χ2n) is 3.10. The Morgan fingerprint density at radius 3 is 2.67 bits per heavy atom. The van der Waals surface area contributed by atoms with Gasteiger partial charge in [-0.2, -0.15) is 8.78 Å². The SMILES string of the molecule is CCCc1cc(SC)ccc1OC(F)F. The molecule has 0 aromatic heterocycles. The van der Waals surface area contributed by atoms with Crippen molar-refractivity contribution >= 4 is 11.8 Å². The summed E-state index contributed by atoms with van der Waals surface area (Å²) in [5.41, 5.74) is 0.852. The molecule has 0 fully saturated rings. The highest BCUT2D eigenvalue weighted by molar-refractivity contribution is 7.98. The summed E-state index contributed by atoms with van der Waals surface area (Å²) in [4.78, 5) is 1.07. The van der Waals surface area contributed by atoms with Gasteiger partial charge in [-0.3, -0.25) is 0 Å². The van der Waals surface area contributed by atoms with Crippen molar-refractivity contribution in [2.75, 3.05) is 6.26 Å². The molecule has 1 nitrogen and oxygen atoms in total. The second-order valence-corrected chi connectivity index (χ2v) is 3.98. The van der Waals surface area contributed by atoms with Crippen LogP contribution in [-0.4, -0.2) is 12.9 Å². The van der Waals surface area contributed by atoms with Gasteiger partial charge in [-0.25, -0.2) is 0 Å².